The lowest BCUT2D eigenvalue weighted by atomic mass is 9.76. The minimum absolute atomic E-state index is 0.0450. The summed E-state index contributed by atoms with van der Waals surface area (Å²) in [6.07, 6.45) is 5.46. The molecule has 0 aromatic heterocycles. The summed E-state index contributed by atoms with van der Waals surface area (Å²) in [5, 5.41) is 9.88. The van der Waals surface area contributed by atoms with Crippen LogP contribution in [0.3, 0.4) is 0 Å². The first-order valence-electron chi connectivity index (χ1n) is 8.19. The van der Waals surface area contributed by atoms with Crippen LogP contribution in [0.15, 0.2) is 18.2 Å². The lowest BCUT2D eigenvalue weighted by molar-refractivity contribution is 0.0196. The van der Waals surface area contributed by atoms with Gasteiger partial charge in [-0.1, -0.05) is 12.8 Å². The summed E-state index contributed by atoms with van der Waals surface area (Å²) in [5.74, 6) is 0.403. The van der Waals surface area contributed by atoms with Gasteiger partial charge in [0.2, 0.25) is 0 Å². The average Bonchev–Trinajstić information content (AvgIpc) is 3.33. The quantitative estimate of drug-likeness (QED) is 0.928. The molecule has 0 unspecified atom stereocenters. The molecule has 1 aromatic carbocycles. The van der Waals surface area contributed by atoms with Crippen LogP contribution in [0.25, 0.3) is 0 Å². The molecule has 1 aliphatic carbocycles. The Bertz CT molecular complexity index is 570. The predicted octanol–water partition coefficient (Wildman–Crippen LogP) is 3.15. The molecule has 22 heavy (non-hydrogen) atoms. The van der Waals surface area contributed by atoms with Crippen LogP contribution in [0.4, 0.5) is 4.39 Å². The summed E-state index contributed by atoms with van der Waals surface area (Å²) in [5.41, 5.74) is 0.901. The van der Waals surface area contributed by atoms with Gasteiger partial charge in [0.15, 0.2) is 0 Å². The highest BCUT2D eigenvalue weighted by Gasteiger charge is 2.41. The van der Waals surface area contributed by atoms with Crippen molar-refractivity contribution in [1.29, 1.82) is 0 Å². The number of aliphatic hydroxyl groups is 1. The molecular formula is C18H24FNO2. The second-order valence-electron chi connectivity index (χ2n) is 7.10. The Hall–Kier alpha value is -1.42. The zero-order valence-corrected chi connectivity index (χ0v) is 13.1. The number of carbonyl (C=O) groups is 1. The number of hydrogen-bond acceptors (Lipinski definition) is 2. The molecule has 1 atom stereocenters. The highest BCUT2D eigenvalue weighted by Crippen LogP contribution is 2.44. The molecule has 1 N–H and O–H groups in total. The van der Waals surface area contributed by atoms with Crippen molar-refractivity contribution in [3.8, 4) is 0 Å². The SMILES string of the molecule is Cc1cc(C(=O)N2CCC[C@](CO)(CC3CC3)C2)ccc1F. The van der Waals surface area contributed by atoms with Crippen LogP contribution in [0, 0.1) is 24.1 Å². The summed E-state index contributed by atoms with van der Waals surface area (Å²) >= 11 is 0. The van der Waals surface area contributed by atoms with E-state index in [1.807, 2.05) is 4.90 Å². The molecule has 0 bridgehead atoms. The number of aryl methyl sites for hydroxylation is 1. The number of nitrogens with zero attached hydrogens (tertiary/aromatic N) is 1. The fraction of sp³-hybridized carbons (Fsp3) is 0.611. The number of carbonyl (C=O) groups excluding carboxylic acids is 1. The summed E-state index contributed by atoms with van der Waals surface area (Å²) in [6, 6.07) is 4.53. The van der Waals surface area contributed by atoms with E-state index in [9.17, 15) is 14.3 Å². The minimum atomic E-state index is -0.284. The molecule has 1 aromatic rings. The molecule has 1 aliphatic heterocycles. The first-order chi connectivity index (χ1) is 10.5. The molecule has 3 nitrogen and oxygen atoms in total. The topological polar surface area (TPSA) is 40.5 Å². The number of piperidine rings is 1. The Morgan fingerprint density at radius 2 is 2.23 bits per heavy atom. The van der Waals surface area contributed by atoms with Gasteiger partial charge in [0.1, 0.15) is 5.82 Å². The van der Waals surface area contributed by atoms with Crippen molar-refractivity contribution < 1.29 is 14.3 Å². The summed E-state index contributed by atoms with van der Waals surface area (Å²) in [4.78, 5) is 14.5. The predicted molar refractivity (Wildman–Crippen MR) is 83.1 cm³/mol. The Balaban J connectivity index is 1.75. The van der Waals surface area contributed by atoms with Gasteiger partial charge in [-0.05, 0) is 55.9 Å². The monoisotopic (exact) mass is 305 g/mol. The van der Waals surface area contributed by atoms with Crippen LogP contribution in [0.5, 0.6) is 0 Å². The van der Waals surface area contributed by atoms with E-state index in [4.69, 9.17) is 0 Å². The van der Waals surface area contributed by atoms with Crippen molar-refractivity contribution in [2.45, 2.75) is 39.0 Å². The van der Waals surface area contributed by atoms with Gasteiger partial charge in [-0.15, -0.1) is 0 Å². The van der Waals surface area contributed by atoms with Gasteiger partial charge in [-0.2, -0.15) is 0 Å². The first kappa shape index (κ1) is 15.5. The molecule has 1 amide bonds. The average molecular weight is 305 g/mol. The Morgan fingerprint density at radius 3 is 2.86 bits per heavy atom. The maximum atomic E-state index is 13.4. The number of halogens is 1. The third kappa shape index (κ3) is 3.17. The van der Waals surface area contributed by atoms with Crippen LogP contribution in [-0.4, -0.2) is 35.6 Å². The van der Waals surface area contributed by atoms with Gasteiger partial charge in [0, 0.05) is 24.1 Å². The molecule has 3 rings (SSSR count). The van der Waals surface area contributed by atoms with Crippen LogP contribution in [0.1, 0.15) is 48.0 Å². The third-order valence-electron chi connectivity index (χ3n) is 5.11. The number of rotatable bonds is 4. The molecule has 2 fully saturated rings. The van der Waals surface area contributed by atoms with Crippen LogP contribution in [0.2, 0.25) is 0 Å². The smallest absolute Gasteiger partial charge is 0.253 e. The van der Waals surface area contributed by atoms with E-state index >= 15 is 0 Å². The molecule has 1 saturated carbocycles. The van der Waals surface area contributed by atoms with Gasteiger partial charge in [0.05, 0.1) is 6.61 Å². The van der Waals surface area contributed by atoms with E-state index < -0.39 is 0 Å². The zero-order valence-electron chi connectivity index (χ0n) is 13.1. The Morgan fingerprint density at radius 1 is 1.45 bits per heavy atom. The van der Waals surface area contributed by atoms with Gasteiger partial charge in [-0.25, -0.2) is 4.39 Å². The fourth-order valence-electron chi connectivity index (χ4n) is 3.64. The number of hydrogen-bond donors (Lipinski definition) is 1. The first-order valence-corrected chi connectivity index (χ1v) is 8.19. The van der Waals surface area contributed by atoms with Crippen molar-refractivity contribution in [3.63, 3.8) is 0 Å². The van der Waals surface area contributed by atoms with E-state index in [1.165, 1.54) is 18.9 Å². The maximum Gasteiger partial charge on any atom is 0.253 e. The van der Waals surface area contributed by atoms with Gasteiger partial charge >= 0.3 is 0 Å². The highest BCUT2D eigenvalue weighted by molar-refractivity contribution is 5.94. The van der Waals surface area contributed by atoms with Crippen molar-refractivity contribution in [2.24, 2.45) is 11.3 Å². The van der Waals surface area contributed by atoms with E-state index in [2.05, 4.69) is 0 Å². The standard InChI is InChI=1S/C18H24FNO2/c1-13-9-15(5-6-16(13)19)17(22)20-8-2-7-18(11-20,12-21)10-14-3-4-14/h5-6,9,14,21H,2-4,7-8,10-12H2,1H3/t18-/m0/s1. The lowest BCUT2D eigenvalue weighted by Gasteiger charge is -2.42. The van der Waals surface area contributed by atoms with Crippen molar-refractivity contribution in [2.75, 3.05) is 19.7 Å². The number of amides is 1. The molecular weight excluding hydrogens is 281 g/mol. The molecule has 0 spiro atoms. The van der Waals surface area contributed by atoms with Crippen LogP contribution in [-0.2, 0) is 0 Å². The normalized spacial score (nSPS) is 25.3. The summed E-state index contributed by atoms with van der Waals surface area (Å²) in [7, 11) is 0. The third-order valence-corrected chi connectivity index (χ3v) is 5.11. The minimum Gasteiger partial charge on any atom is -0.396 e. The Labute approximate surface area is 131 Å². The van der Waals surface area contributed by atoms with E-state index in [-0.39, 0.29) is 23.7 Å². The van der Waals surface area contributed by atoms with Crippen molar-refractivity contribution >= 4 is 5.91 Å². The van der Waals surface area contributed by atoms with E-state index in [1.54, 1.807) is 19.1 Å². The van der Waals surface area contributed by atoms with E-state index in [0.29, 0.717) is 17.7 Å². The second kappa shape index (κ2) is 5.99. The summed E-state index contributed by atoms with van der Waals surface area (Å²) < 4.78 is 13.4. The molecule has 2 aliphatic rings. The summed E-state index contributed by atoms with van der Waals surface area (Å²) in [6.45, 7) is 3.17. The number of likely N-dealkylation sites (tertiary alicyclic amines) is 1. The number of benzene rings is 1. The van der Waals surface area contributed by atoms with Crippen LogP contribution < -0.4 is 0 Å². The zero-order chi connectivity index (χ0) is 15.7. The molecule has 1 saturated heterocycles. The molecule has 0 radical (unpaired) electrons. The largest absolute Gasteiger partial charge is 0.396 e. The van der Waals surface area contributed by atoms with Gasteiger partial charge in [-0.3, -0.25) is 4.79 Å². The van der Waals surface area contributed by atoms with Crippen molar-refractivity contribution in [3.05, 3.63) is 35.1 Å². The van der Waals surface area contributed by atoms with E-state index in [0.717, 1.165) is 31.7 Å². The highest BCUT2D eigenvalue weighted by atomic mass is 19.1. The second-order valence-corrected chi connectivity index (χ2v) is 7.10. The molecule has 4 heteroatoms. The van der Waals surface area contributed by atoms with Gasteiger partial charge in [0.25, 0.3) is 5.91 Å². The van der Waals surface area contributed by atoms with Gasteiger partial charge < -0.3 is 10.0 Å². The maximum absolute atomic E-state index is 13.4. The number of aliphatic hydroxyl groups excluding tert-OH is 1. The fourth-order valence-corrected chi connectivity index (χ4v) is 3.64. The lowest BCUT2D eigenvalue weighted by Crippen LogP contribution is -2.48. The molecule has 1 heterocycles. The van der Waals surface area contributed by atoms with Crippen molar-refractivity contribution in [1.82, 2.24) is 4.90 Å². The Kier molecular flexibility index (Phi) is 4.22. The molecule has 120 valence electrons. The van der Waals surface area contributed by atoms with Crippen LogP contribution >= 0.6 is 0 Å².